The van der Waals surface area contributed by atoms with E-state index in [-0.39, 0.29) is 34.7 Å². The Kier molecular flexibility index (Phi) is 6.83. The van der Waals surface area contributed by atoms with Gasteiger partial charge in [-0.1, -0.05) is 23.7 Å². The number of aryl methyl sites for hydroxylation is 1. The maximum absolute atomic E-state index is 13.3. The van der Waals surface area contributed by atoms with Crippen molar-refractivity contribution < 1.29 is 19.0 Å². The minimum absolute atomic E-state index is 0.0922. The second-order valence-electron chi connectivity index (χ2n) is 9.54. The number of hydrogen-bond donors (Lipinski definition) is 2. The first-order chi connectivity index (χ1) is 17.7. The first-order valence-electron chi connectivity index (χ1n) is 12.1. The number of halogens is 2. The fourth-order valence-corrected chi connectivity index (χ4v) is 5.61. The van der Waals surface area contributed by atoms with Crippen LogP contribution in [0.1, 0.15) is 29.7 Å². The van der Waals surface area contributed by atoms with E-state index in [2.05, 4.69) is 9.88 Å². The van der Waals surface area contributed by atoms with E-state index in [9.17, 15) is 19.1 Å². The smallest absolute Gasteiger partial charge is 0.333 e. The van der Waals surface area contributed by atoms with Crippen molar-refractivity contribution in [2.24, 2.45) is 0 Å². The average Bonchev–Trinajstić information content (AvgIpc) is 3.29. The van der Waals surface area contributed by atoms with E-state index in [1.54, 1.807) is 31.2 Å². The van der Waals surface area contributed by atoms with Crippen molar-refractivity contribution in [3.8, 4) is 17.3 Å². The zero-order valence-electron chi connectivity index (χ0n) is 20.6. The Bertz CT molecular complexity index is 1400. The molecule has 37 heavy (non-hydrogen) atoms. The molecular weight excluding hydrogens is 499 g/mol. The molecule has 2 saturated heterocycles. The van der Waals surface area contributed by atoms with E-state index in [1.807, 2.05) is 4.90 Å². The number of hydrogen-bond acceptors (Lipinski definition) is 5. The van der Waals surface area contributed by atoms with Crippen molar-refractivity contribution in [3.05, 3.63) is 80.6 Å². The first kappa shape index (κ1) is 25.1. The van der Waals surface area contributed by atoms with E-state index in [0.717, 1.165) is 36.1 Å². The molecule has 0 unspecified atom stereocenters. The van der Waals surface area contributed by atoms with Gasteiger partial charge < -0.3 is 19.7 Å². The van der Waals surface area contributed by atoms with Crippen LogP contribution in [0.25, 0.3) is 11.8 Å². The molecule has 2 bridgehead atoms. The zero-order valence-corrected chi connectivity index (χ0v) is 21.3. The summed E-state index contributed by atoms with van der Waals surface area (Å²) in [6.45, 7) is 3.80. The van der Waals surface area contributed by atoms with Crippen LogP contribution in [-0.4, -0.2) is 62.6 Å². The highest BCUT2D eigenvalue weighted by atomic mass is 35.5. The van der Waals surface area contributed by atoms with Crippen LogP contribution in [0.15, 0.2) is 47.3 Å². The molecule has 0 aliphatic carbocycles. The molecule has 2 fully saturated rings. The summed E-state index contributed by atoms with van der Waals surface area (Å²) < 4.78 is 19.7. The molecular formula is C27H28ClFN4O4. The number of rotatable bonds is 6. The van der Waals surface area contributed by atoms with Crippen LogP contribution in [0, 0.1) is 12.7 Å². The Hall–Kier alpha value is -3.56. The van der Waals surface area contributed by atoms with Crippen molar-refractivity contribution in [1.82, 2.24) is 19.4 Å². The summed E-state index contributed by atoms with van der Waals surface area (Å²) in [5, 5.41) is 10.7. The number of nitrogens with zero attached hydrogens (tertiary/aromatic N) is 3. The molecule has 8 nitrogen and oxygen atoms in total. The molecule has 0 radical (unpaired) electrons. The number of imidazole rings is 1. The number of piperazine rings is 1. The molecule has 194 valence electrons. The number of H-pyrrole nitrogens is 1. The number of ether oxygens (including phenoxy) is 1. The average molecular weight is 527 g/mol. The molecule has 2 aromatic carbocycles. The van der Waals surface area contributed by atoms with Crippen molar-refractivity contribution >= 4 is 23.6 Å². The van der Waals surface area contributed by atoms with E-state index in [0.29, 0.717) is 29.2 Å². The number of aromatic hydroxyl groups is 1. The van der Waals surface area contributed by atoms with Gasteiger partial charge in [-0.3, -0.25) is 9.69 Å². The fourth-order valence-electron chi connectivity index (χ4n) is 5.38. The maximum atomic E-state index is 13.3. The first-order valence-corrected chi connectivity index (χ1v) is 12.5. The van der Waals surface area contributed by atoms with Crippen LogP contribution in [0.3, 0.4) is 0 Å². The molecule has 3 heterocycles. The van der Waals surface area contributed by atoms with E-state index < -0.39 is 5.69 Å². The molecule has 2 N–H and O–H groups in total. The van der Waals surface area contributed by atoms with Crippen LogP contribution >= 0.6 is 11.6 Å². The number of likely N-dealkylation sites (tertiary alicyclic amines) is 1. The number of aromatic amines is 1. The third kappa shape index (κ3) is 4.89. The summed E-state index contributed by atoms with van der Waals surface area (Å²) in [5.74, 6) is -0.218. The highest BCUT2D eigenvalue weighted by Gasteiger charge is 2.41. The summed E-state index contributed by atoms with van der Waals surface area (Å²) in [7, 11) is 1.48. The summed E-state index contributed by atoms with van der Waals surface area (Å²) in [6.07, 6.45) is 4.97. The van der Waals surface area contributed by atoms with Gasteiger partial charge in [0.2, 0.25) is 11.8 Å². The van der Waals surface area contributed by atoms with E-state index in [4.69, 9.17) is 16.3 Å². The summed E-state index contributed by atoms with van der Waals surface area (Å²) in [6, 6.07) is 9.87. The SMILES string of the molecule is COc1cc(C=CC(=O)N2[C@@H]3CC[C@H]2CN(Cc2ccc(F)cc2)C3)c(-n2c(O)c(C)[nH]c2=O)cc1Cl. The lowest BCUT2D eigenvalue weighted by molar-refractivity contribution is -0.131. The van der Waals surface area contributed by atoms with Gasteiger partial charge in [-0.2, -0.15) is 0 Å². The van der Waals surface area contributed by atoms with Gasteiger partial charge in [0.25, 0.3) is 0 Å². The van der Waals surface area contributed by atoms with Gasteiger partial charge in [0.05, 0.1) is 23.5 Å². The van der Waals surface area contributed by atoms with Crippen molar-refractivity contribution in [1.29, 1.82) is 0 Å². The van der Waals surface area contributed by atoms with Gasteiger partial charge >= 0.3 is 5.69 Å². The summed E-state index contributed by atoms with van der Waals surface area (Å²) in [4.78, 5) is 32.7. The largest absolute Gasteiger partial charge is 0.495 e. The van der Waals surface area contributed by atoms with Gasteiger partial charge in [-0.15, -0.1) is 0 Å². The molecule has 0 saturated carbocycles. The molecule has 5 rings (SSSR count). The Balaban J connectivity index is 1.37. The lowest BCUT2D eigenvalue weighted by Gasteiger charge is -2.40. The van der Waals surface area contributed by atoms with E-state index >= 15 is 0 Å². The van der Waals surface area contributed by atoms with Crippen LogP contribution in [0.5, 0.6) is 11.6 Å². The van der Waals surface area contributed by atoms with Gasteiger partial charge in [0.1, 0.15) is 11.6 Å². The Labute approximate surface area is 218 Å². The van der Waals surface area contributed by atoms with Crippen LogP contribution < -0.4 is 10.4 Å². The molecule has 10 heteroatoms. The van der Waals surface area contributed by atoms with Crippen molar-refractivity contribution in [2.75, 3.05) is 20.2 Å². The number of methoxy groups -OCH3 is 1. The minimum atomic E-state index is -0.521. The molecule has 1 aromatic heterocycles. The molecule has 2 aliphatic heterocycles. The zero-order chi connectivity index (χ0) is 26.3. The van der Waals surface area contributed by atoms with Crippen LogP contribution in [-0.2, 0) is 11.3 Å². The van der Waals surface area contributed by atoms with Crippen molar-refractivity contribution in [3.63, 3.8) is 0 Å². The fraction of sp³-hybridized carbons (Fsp3) is 0.333. The molecule has 1 amide bonds. The van der Waals surface area contributed by atoms with Crippen LogP contribution in [0.4, 0.5) is 4.39 Å². The quantitative estimate of drug-likeness (QED) is 0.476. The number of aromatic nitrogens is 2. The molecule has 2 aliphatic rings. The van der Waals surface area contributed by atoms with Gasteiger partial charge in [0, 0.05) is 43.4 Å². The lowest BCUT2D eigenvalue weighted by atomic mass is 10.1. The highest BCUT2D eigenvalue weighted by molar-refractivity contribution is 6.32. The standard InChI is InChI=1S/C27H28ClFN4O4/c1-16-26(35)33(27(36)30-16)23-12-22(28)24(37-2)11-18(23)5-10-25(34)32-20-8-9-21(32)15-31(14-20)13-17-3-6-19(29)7-4-17/h3-7,10-12,20-21,35H,8-9,13-15H2,1-2H3,(H,30,36)/t20-,21+. The normalized spacial score (nSPS) is 19.6. The maximum Gasteiger partial charge on any atom is 0.333 e. The number of amides is 1. The van der Waals surface area contributed by atoms with Gasteiger partial charge in [-0.05, 0) is 55.7 Å². The number of carbonyl (C=O) groups excluding carboxylic acids is 1. The number of benzene rings is 2. The van der Waals surface area contributed by atoms with Gasteiger partial charge in [-0.25, -0.2) is 13.8 Å². The predicted octanol–water partition coefficient (Wildman–Crippen LogP) is 3.87. The third-order valence-corrected chi connectivity index (χ3v) is 7.42. The topological polar surface area (TPSA) is 90.8 Å². The van der Waals surface area contributed by atoms with Crippen molar-refractivity contribution in [2.45, 2.75) is 38.4 Å². The Morgan fingerprint density at radius 3 is 2.49 bits per heavy atom. The second kappa shape index (κ2) is 10.1. The number of nitrogens with one attached hydrogen (secondary N) is 1. The van der Waals surface area contributed by atoms with E-state index in [1.165, 1.54) is 31.4 Å². The molecule has 2 atom stereocenters. The highest BCUT2D eigenvalue weighted by Crippen LogP contribution is 2.34. The summed E-state index contributed by atoms with van der Waals surface area (Å²) in [5.41, 5.74) is 1.66. The van der Waals surface area contributed by atoms with Gasteiger partial charge in [0.15, 0.2) is 0 Å². The lowest BCUT2D eigenvalue weighted by Crippen LogP contribution is -2.55. The van der Waals surface area contributed by atoms with Crippen LogP contribution in [0.2, 0.25) is 5.02 Å². The minimum Gasteiger partial charge on any atom is -0.495 e. The Morgan fingerprint density at radius 1 is 1.22 bits per heavy atom. The predicted molar refractivity (Wildman–Crippen MR) is 139 cm³/mol. The number of carbonyl (C=O) groups is 1. The summed E-state index contributed by atoms with van der Waals surface area (Å²) >= 11 is 6.32. The number of fused-ring (bicyclic) bond motifs is 2. The molecule has 3 aromatic rings. The Morgan fingerprint density at radius 2 is 1.89 bits per heavy atom. The second-order valence-corrected chi connectivity index (χ2v) is 9.95. The monoisotopic (exact) mass is 526 g/mol. The third-order valence-electron chi connectivity index (χ3n) is 7.12. The molecule has 0 spiro atoms.